The molecule has 1 aliphatic rings. The highest BCUT2D eigenvalue weighted by Gasteiger charge is 2.36. The van der Waals surface area contributed by atoms with Gasteiger partial charge in [-0.15, -0.1) is 0 Å². The van der Waals surface area contributed by atoms with Crippen molar-refractivity contribution in [2.24, 2.45) is 4.99 Å². The molecule has 0 saturated carbocycles. The standard InChI is InChI=1S/C17H21BrN2O6/c1-6-26-17(21)13-12(18)11(16(19-13)20-25-5)9-7-8-10(22-2)15(24-4)14(9)23-3/h7-8,13H,6H2,1-5H3,(H,19,20). The number of carbonyl (C=O) groups excluding carboxylic acids is 1. The number of ether oxygens (including phenoxy) is 4. The number of carbonyl (C=O) groups is 1. The Hall–Kier alpha value is -2.26. The van der Waals surface area contributed by atoms with Gasteiger partial charge in [0, 0.05) is 15.6 Å². The second kappa shape index (κ2) is 8.91. The first-order valence-corrected chi connectivity index (χ1v) is 8.56. The summed E-state index contributed by atoms with van der Waals surface area (Å²) in [4.78, 5) is 21.6. The second-order valence-electron chi connectivity index (χ2n) is 5.04. The van der Waals surface area contributed by atoms with Crippen LogP contribution in [-0.4, -0.2) is 52.9 Å². The summed E-state index contributed by atoms with van der Waals surface area (Å²) in [7, 11) is 6.04. The molecule has 1 aromatic rings. The van der Waals surface area contributed by atoms with Crippen LogP contribution >= 0.6 is 15.9 Å². The van der Waals surface area contributed by atoms with E-state index in [-0.39, 0.29) is 6.61 Å². The van der Waals surface area contributed by atoms with Crippen molar-refractivity contribution in [3.8, 4) is 17.2 Å². The van der Waals surface area contributed by atoms with Crippen molar-refractivity contribution in [2.75, 3.05) is 35.0 Å². The van der Waals surface area contributed by atoms with Crippen LogP contribution in [0.1, 0.15) is 12.5 Å². The Labute approximate surface area is 160 Å². The molecular weight excluding hydrogens is 408 g/mol. The molecule has 1 aromatic carbocycles. The molecule has 0 saturated heterocycles. The Morgan fingerprint density at radius 1 is 1.15 bits per heavy atom. The van der Waals surface area contributed by atoms with Gasteiger partial charge in [-0.3, -0.25) is 4.84 Å². The molecule has 142 valence electrons. The highest BCUT2D eigenvalue weighted by Crippen LogP contribution is 2.45. The van der Waals surface area contributed by atoms with E-state index in [9.17, 15) is 4.79 Å². The molecule has 0 bridgehead atoms. The van der Waals surface area contributed by atoms with Crippen molar-refractivity contribution in [3.63, 3.8) is 0 Å². The Balaban J connectivity index is 2.64. The summed E-state index contributed by atoms with van der Waals surface area (Å²) in [5, 5.41) is 0. The van der Waals surface area contributed by atoms with E-state index < -0.39 is 12.0 Å². The average molecular weight is 429 g/mol. The Morgan fingerprint density at radius 2 is 1.85 bits per heavy atom. The van der Waals surface area contributed by atoms with E-state index in [0.29, 0.717) is 38.7 Å². The summed E-state index contributed by atoms with van der Waals surface area (Å²) in [5.41, 5.74) is 3.94. The van der Waals surface area contributed by atoms with E-state index in [0.717, 1.165) is 0 Å². The zero-order valence-electron chi connectivity index (χ0n) is 15.2. The zero-order valence-corrected chi connectivity index (χ0v) is 16.8. The summed E-state index contributed by atoms with van der Waals surface area (Å²) in [6.07, 6.45) is 0. The van der Waals surface area contributed by atoms with Crippen molar-refractivity contribution in [2.45, 2.75) is 13.0 Å². The molecule has 26 heavy (non-hydrogen) atoms. The lowest BCUT2D eigenvalue weighted by atomic mass is 10.0. The largest absolute Gasteiger partial charge is 0.493 e. The van der Waals surface area contributed by atoms with Gasteiger partial charge >= 0.3 is 5.97 Å². The van der Waals surface area contributed by atoms with Crippen LogP contribution in [0.2, 0.25) is 0 Å². The van der Waals surface area contributed by atoms with E-state index in [4.69, 9.17) is 23.8 Å². The fourth-order valence-corrected chi connectivity index (χ4v) is 3.30. The summed E-state index contributed by atoms with van der Waals surface area (Å²) in [6.45, 7) is 1.99. The number of aliphatic imine (C=N–C) groups is 1. The number of nitrogens with zero attached hydrogens (tertiary/aromatic N) is 1. The number of hydrogen-bond donors (Lipinski definition) is 1. The van der Waals surface area contributed by atoms with E-state index in [2.05, 4.69) is 26.4 Å². The Bertz CT molecular complexity index is 747. The summed E-state index contributed by atoms with van der Waals surface area (Å²) < 4.78 is 21.9. The third-order valence-corrected chi connectivity index (χ3v) is 4.49. The number of nitrogens with one attached hydrogen (secondary N) is 1. The number of hydroxylamine groups is 1. The van der Waals surface area contributed by atoms with Crippen molar-refractivity contribution in [1.82, 2.24) is 5.48 Å². The minimum absolute atomic E-state index is 0.257. The van der Waals surface area contributed by atoms with Gasteiger partial charge < -0.3 is 18.9 Å². The molecule has 1 unspecified atom stereocenters. The third kappa shape index (κ3) is 3.63. The quantitative estimate of drug-likeness (QED) is 0.526. The third-order valence-electron chi connectivity index (χ3n) is 3.66. The Kier molecular flexibility index (Phi) is 6.87. The molecule has 2 rings (SSSR count). The monoisotopic (exact) mass is 428 g/mol. The molecule has 1 heterocycles. The summed E-state index contributed by atoms with van der Waals surface area (Å²) >= 11 is 3.48. The number of halogens is 1. The first-order valence-electron chi connectivity index (χ1n) is 7.76. The van der Waals surface area contributed by atoms with Crippen molar-refractivity contribution in [1.29, 1.82) is 0 Å². The van der Waals surface area contributed by atoms with Crippen LogP contribution in [0.25, 0.3) is 5.57 Å². The molecule has 1 N–H and O–H groups in total. The van der Waals surface area contributed by atoms with Crippen LogP contribution in [0.5, 0.6) is 17.2 Å². The van der Waals surface area contributed by atoms with Crippen LogP contribution in [0, 0.1) is 0 Å². The number of rotatable bonds is 7. The van der Waals surface area contributed by atoms with E-state index >= 15 is 0 Å². The smallest absolute Gasteiger partial charge is 0.336 e. The lowest BCUT2D eigenvalue weighted by Crippen LogP contribution is -2.23. The average Bonchev–Trinajstić information content (AvgIpc) is 2.96. The number of esters is 1. The van der Waals surface area contributed by atoms with Crippen LogP contribution in [-0.2, 0) is 14.4 Å². The molecule has 8 nitrogen and oxygen atoms in total. The minimum Gasteiger partial charge on any atom is -0.493 e. The number of amidine groups is 1. The van der Waals surface area contributed by atoms with Gasteiger partial charge in [0.25, 0.3) is 0 Å². The van der Waals surface area contributed by atoms with Gasteiger partial charge in [0.2, 0.25) is 5.75 Å². The van der Waals surface area contributed by atoms with Gasteiger partial charge in [0.05, 0.1) is 35.0 Å². The van der Waals surface area contributed by atoms with E-state index in [1.807, 2.05) is 0 Å². The minimum atomic E-state index is -0.833. The highest BCUT2D eigenvalue weighted by molar-refractivity contribution is 9.12. The lowest BCUT2D eigenvalue weighted by molar-refractivity contribution is -0.143. The first kappa shape index (κ1) is 20.1. The molecule has 0 spiro atoms. The molecule has 1 aliphatic heterocycles. The maximum absolute atomic E-state index is 12.2. The first-order chi connectivity index (χ1) is 12.5. The number of benzene rings is 1. The van der Waals surface area contributed by atoms with Crippen LogP contribution in [0.3, 0.4) is 0 Å². The molecule has 0 amide bonds. The van der Waals surface area contributed by atoms with Gasteiger partial charge in [-0.2, -0.15) is 0 Å². The summed E-state index contributed by atoms with van der Waals surface area (Å²) in [5.74, 6) is 1.28. The maximum atomic E-state index is 12.2. The van der Waals surface area contributed by atoms with Crippen LogP contribution in [0.15, 0.2) is 21.6 Å². The lowest BCUT2D eigenvalue weighted by Gasteiger charge is -2.17. The van der Waals surface area contributed by atoms with Gasteiger partial charge in [0.1, 0.15) is 0 Å². The second-order valence-corrected chi connectivity index (χ2v) is 5.90. The molecule has 0 aliphatic carbocycles. The summed E-state index contributed by atoms with van der Waals surface area (Å²) in [6, 6.07) is 2.70. The SMILES string of the molecule is CCOC(=O)C1N=C(NOC)C(c2ccc(OC)c(OC)c2OC)=C1Br. The van der Waals surface area contributed by atoms with Crippen molar-refractivity contribution >= 4 is 33.3 Å². The van der Waals surface area contributed by atoms with Crippen molar-refractivity contribution in [3.05, 3.63) is 22.2 Å². The molecular formula is C17H21BrN2O6. The van der Waals surface area contributed by atoms with Crippen molar-refractivity contribution < 1.29 is 28.6 Å². The maximum Gasteiger partial charge on any atom is 0.336 e. The highest BCUT2D eigenvalue weighted by atomic mass is 79.9. The fourth-order valence-electron chi connectivity index (χ4n) is 2.61. The topological polar surface area (TPSA) is 87.6 Å². The predicted octanol–water partition coefficient (Wildman–Crippen LogP) is 2.31. The van der Waals surface area contributed by atoms with E-state index in [1.54, 1.807) is 19.1 Å². The predicted molar refractivity (Wildman–Crippen MR) is 99.9 cm³/mol. The molecule has 9 heteroatoms. The van der Waals surface area contributed by atoms with E-state index in [1.165, 1.54) is 28.4 Å². The van der Waals surface area contributed by atoms with Crippen LogP contribution in [0.4, 0.5) is 0 Å². The number of methoxy groups -OCH3 is 3. The zero-order chi connectivity index (χ0) is 19.3. The van der Waals surface area contributed by atoms with Gasteiger partial charge in [-0.05, 0) is 19.1 Å². The molecule has 0 radical (unpaired) electrons. The Morgan fingerprint density at radius 3 is 2.38 bits per heavy atom. The van der Waals surface area contributed by atoms with Gasteiger partial charge in [0.15, 0.2) is 23.4 Å². The fraction of sp³-hybridized carbons (Fsp3) is 0.412. The number of hydrogen-bond acceptors (Lipinski definition) is 8. The molecule has 1 atom stereocenters. The normalized spacial score (nSPS) is 16.2. The van der Waals surface area contributed by atoms with Gasteiger partial charge in [-0.1, -0.05) is 15.9 Å². The van der Waals surface area contributed by atoms with Gasteiger partial charge in [-0.25, -0.2) is 15.3 Å². The molecule has 0 aromatic heterocycles. The molecule has 0 fully saturated rings. The van der Waals surface area contributed by atoms with Crippen LogP contribution < -0.4 is 19.7 Å².